The maximum Gasteiger partial charge on any atom is 0.103 e. The molecule has 0 nitrogen and oxygen atoms in total. The molecule has 0 aromatic rings. The van der Waals surface area contributed by atoms with E-state index in [0.29, 0.717) is 0 Å². The third kappa shape index (κ3) is 1.36. The average Bonchev–Trinajstić information content (AvgIpc) is 2.12. The van der Waals surface area contributed by atoms with E-state index in [9.17, 15) is 0 Å². The first-order valence-electron chi connectivity index (χ1n) is 4.25. The highest BCUT2D eigenvalue weighted by Gasteiger charge is 2.31. The number of rotatable bonds is 1. The van der Waals surface area contributed by atoms with E-state index in [4.69, 9.17) is 0 Å². The lowest BCUT2D eigenvalue weighted by Gasteiger charge is -2.11. The van der Waals surface area contributed by atoms with Gasteiger partial charge < -0.3 is 0 Å². The third-order valence-electron chi connectivity index (χ3n) is 3.01. The molecule has 2 atom stereocenters. The van der Waals surface area contributed by atoms with Crippen LogP contribution < -0.4 is 0 Å². The molecule has 0 amide bonds. The van der Waals surface area contributed by atoms with Gasteiger partial charge in [0.2, 0.25) is 0 Å². The second kappa shape index (κ2) is 2.85. The lowest BCUT2D eigenvalue weighted by molar-refractivity contribution is 0.765. The van der Waals surface area contributed by atoms with Gasteiger partial charge in [-0.1, -0.05) is 38.3 Å². The van der Waals surface area contributed by atoms with Crippen molar-refractivity contribution in [2.24, 2.45) is 0 Å². The number of hydrogen-bond donors (Lipinski definition) is 0. The van der Waals surface area contributed by atoms with E-state index in [-0.39, 0.29) is 0 Å². The summed E-state index contributed by atoms with van der Waals surface area (Å²) in [5.74, 6) is 2.01. The maximum atomic E-state index is 2.40. The Hall–Kier alpha value is 0.195. The molecule has 9 heavy (non-hydrogen) atoms. The van der Waals surface area contributed by atoms with Gasteiger partial charge in [0.25, 0.3) is 0 Å². The van der Waals surface area contributed by atoms with E-state index in [1.54, 1.807) is 0 Å². The molecule has 0 radical (unpaired) electrons. The Kier molecular flexibility index (Phi) is 2.31. The SMILES string of the molecule is BBB1C(C)CC[C@H]1C. The van der Waals surface area contributed by atoms with E-state index in [0.717, 1.165) is 18.2 Å². The molecule has 1 unspecified atom stereocenters. The summed E-state index contributed by atoms with van der Waals surface area (Å²) in [5, 5.41) is 0. The summed E-state index contributed by atoms with van der Waals surface area (Å²) >= 11 is 0. The van der Waals surface area contributed by atoms with Gasteiger partial charge in [-0.05, 0) is 0 Å². The van der Waals surface area contributed by atoms with Crippen molar-refractivity contribution in [2.45, 2.75) is 38.3 Å². The highest BCUT2D eigenvalue weighted by molar-refractivity contribution is 7.32. The third-order valence-corrected chi connectivity index (χ3v) is 3.01. The Morgan fingerprint density at radius 3 is 2.00 bits per heavy atom. The van der Waals surface area contributed by atoms with Crippen LogP contribution >= 0.6 is 0 Å². The molecular weight excluding hydrogens is 105 g/mol. The highest BCUT2D eigenvalue weighted by Crippen LogP contribution is 2.36. The molecule has 1 saturated heterocycles. The average molecular weight is 120 g/mol. The molecule has 0 aromatic heterocycles. The molecule has 1 aliphatic heterocycles. The second-order valence-electron chi connectivity index (χ2n) is 3.60. The summed E-state index contributed by atoms with van der Waals surface area (Å²) in [5.41, 5.74) is 0. The molecular formula is C6H15B3. The van der Waals surface area contributed by atoms with E-state index < -0.39 is 0 Å². The maximum absolute atomic E-state index is 2.40. The zero-order valence-electron chi connectivity index (χ0n) is 6.85. The van der Waals surface area contributed by atoms with Crippen molar-refractivity contribution < 1.29 is 0 Å². The molecule has 1 fully saturated rings. The van der Waals surface area contributed by atoms with Gasteiger partial charge >= 0.3 is 0 Å². The van der Waals surface area contributed by atoms with E-state index in [2.05, 4.69) is 21.6 Å². The van der Waals surface area contributed by atoms with Crippen LogP contribution in [0.25, 0.3) is 0 Å². The fraction of sp³-hybridized carbons (Fsp3) is 1.00. The molecule has 1 heterocycles. The van der Waals surface area contributed by atoms with Crippen molar-refractivity contribution >= 4 is 21.4 Å². The van der Waals surface area contributed by atoms with Gasteiger partial charge in [-0.2, -0.15) is 0 Å². The highest BCUT2D eigenvalue weighted by atomic mass is 14.1. The van der Waals surface area contributed by atoms with Crippen molar-refractivity contribution in [1.29, 1.82) is 0 Å². The fourth-order valence-electron chi connectivity index (χ4n) is 2.32. The smallest absolute Gasteiger partial charge is 0.0726 e. The van der Waals surface area contributed by atoms with E-state index >= 15 is 0 Å². The molecule has 1 aliphatic rings. The summed E-state index contributed by atoms with van der Waals surface area (Å²) < 4.78 is 0. The topological polar surface area (TPSA) is 0 Å². The minimum absolute atomic E-state index is 1.00. The van der Waals surface area contributed by atoms with Gasteiger partial charge in [0.05, 0.1) is 14.8 Å². The summed E-state index contributed by atoms with van der Waals surface area (Å²) in [4.78, 5) is 0. The van der Waals surface area contributed by atoms with Crippen molar-refractivity contribution in [3.05, 3.63) is 0 Å². The first-order valence-corrected chi connectivity index (χ1v) is 4.25. The molecule has 0 N–H and O–H groups in total. The van der Waals surface area contributed by atoms with Crippen LogP contribution in [-0.4, -0.2) is 21.4 Å². The summed E-state index contributed by atoms with van der Waals surface area (Å²) in [6, 6.07) is 0. The quantitative estimate of drug-likeness (QED) is 0.442. The zero-order chi connectivity index (χ0) is 6.85. The van der Waals surface area contributed by atoms with Gasteiger partial charge in [-0.15, -0.1) is 0 Å². The van der Waals surface area contributed by atoms with Gasteiger partial charge in [0.15, 0.2) is 0 Å². The van der Waals surface area contributed by atoms with E-state index in [1.807, 2.05) is 0 Å². The second-order valence-corrected chi connectivity index (χ2v) is 3.60. The molecule has 0 bridgehead atoms. The molecule has 0 spiro atoms. The van der Waals surface area contributed by atoms with Crippen LogP contribution in [0.3, 0.4) is 0 Å². The molecule has 0 saturated carbocycles. The van der Waals surface area contributed by atoms with Crippen LogP contribution in [0, 0.1) is 0 Å². The predicted molar refractivity (Wildman–Crippen MR) is 49.5 cm³/mol. The van der Waals surface area contributed by atoms with Crippen LogP contribution in [0.4, 0.5) is 0 Å². The van der Waals surface area contributed by atoms with Gasteiger partial charge in [0, 0.05) is 0 Å². The summed E-state index contributed by atoms with van der Waals surface area (Å²) in [6.45, 7) is 5.83. The van der Waals surface area contributed by atoms with Crippen LogP contribution in [0.15, 0.2) is 0 Å². The van der Waals surface area contributed by atoms with Crippen LogP contribution in [-0.2, 0) is 0 Å². The van der Waals surface area contributed by atoms with E-state index in [1.165, 1.54) is 19.9 Å². The lowest BCUT2D eigenvalue weighted by Crippen LogP contribution is -2.26. The molecule has 0 aliphatic carbocycles. The first kappa shape index (κ1) is 7.30. The molecule has 48 valence electrons. The first-order chi connectivity index (χ1) is 4.25. The standard InChI is InChI=1S/C6H15B3/c1-5-3-4-6(2)9(5)8-7/h5-6,8H,3-4,7H2,1-2H3/t5-,6?/m1/s1. The monoisotopic (exact) mass is 120 g/mol. The Bertz CT molecular complexity index is 84.3. The molecule has 1 rings (SSSR count). The van der Waals surface area contributed by atoms with Crippen molar-refractivity contribution in [3.63, 3.8) is 0 Å². The number of hydrogen-bond acceptors (Lipinski definition) is 0. The summed E-state index contributed by atoms with van der Waals surface area (Å²) in [7, 11) is 3.71. The van der Waals surface area contributed by atoms with Crippen LogP contribution in [0.5, 0.6) is 0 Å². The normalized spacial score (nSPS) is 35.1. The zero-order valence-corrected chi connectivity index (χ0v) is 6.85. The van der Waals surface area contributed by atoms with Crippen molar-refractivity contribution in [2.75, 3.05) is 0 Å². The predicted octanol–water partition coefficient (Wildman–Crippen LogP) is 0.536. The fourth-order valence-corrected chi connectivity index (χ4v) is 2.32. The van der Waals surface area contributed by atoms with Crippen LogP contribution in [0.2, 0.25) is 11.6 Å². The molecule has 0 aromatic carbocycles. The Labute approximate surface area is 60.5 Å². The van der Waals surface area contributed by atoms with Crippen molar-refractivity contribution in [1.82, 2.24) is 0 Å². The molecule has 3 heteroatoms. The largest absolute Gasteiger partial charge is 0.103 e. The Morgan fingerprint density at radius 1 is 1.33 bits per heavy atom. The minimum atomic E-state index is 1.00. The minimum Gasteiger partial charge on any atom is -0.0726 e. The van der Waals surface area contributed by atoms with Crippen molar-refractivity contribution in [3.8, 4) is 0 Å². The van der Waals surface area contributed by atoms with Gasteiger partial charge in [-0.3, -0.25) is 0 Å². The van der Waals surface area contributed by atoms with Gasteiger partial charge in [0.1, 0.15) is 6.60 Å². The Morgan fingerprint density at radius 2 is 1.78 bits per heavy atom. The lowest BCUT2D eigenvalue weighted by atomic mass is 9.08. The van der Waals surface area contributed by atoms with Gasteiger partial charge in [-0.25, -0.2) is 0 Å². The van der Waals surface area contributed by atoms with Crippen LogP contribution in [0.1, 0.15) is 26.7 Å². The summed E-state index contributed by atoms with van der Waals surface area (Å²) in [6.07, 6.45) is 2.94. The Balaban J connectivity index is 2.44.